The molecular formula is C30H28ClFN4O4S. The van der Waals surface area contributed by atoms with E-state index in [-0.39, 0.29) is 19.9 Å². The van der Waals surface area contributed by atoms with E-state index in [0.29, 0.717) is 45.9 Å². The number of aromatic nitrogens is 2. The monoisotopic (exact) mass is 594 g/mol. The van der Waals surface area contributed by atoms with E-state index in [4.69, 9.17) is 20.8 Å². The second-order valence-electron chi connectivity index (χ2n) is 8.78. The molecule has 212 valence electrons. The van der Waals surface area contributed by atoms with Gasteiger partial charge in [0.15, 0.2) is 0 Å². The Morgan fingerprint density at radius 2 is 1.93 bits per heavy atom. The molecule has 5 rings (SSSR count). The first-order chi connectivity index (χ1) is 19.4. The molecule has 8 nitrogen and oxygen atoms in total. The van der Waals surface area contributed by atoms with Gasteiger partial charge in [-0.15, -0.1) is 0 Å². The average molecular weight is 595 g/mol. The maximum absolute atomic E-state index is 13.4. The van der Waals surface area contributed by atoms with Crippen molar-refractivity contribution in [3.05, 3.63) is 101 Å². The Balaban J connectivity index is 0.00000387. The molecule has 0 aliphatic rings. The lowest BCUT2D eigenvalue weighted by Gasteiger charge is -2.12. The number of ether oxygens (including phenoxy) is 1. The third-order valence-electron chi connectivity index (χ3n) is 6.00. The van der Waals surface area contributed by atoms with Crippen LogP contribution >= 0.6 is 11.6 Å². The number of furan rings is 1. The summed E-state index contributed by atoms with van der Waals surface area (Å²) in [4.78, 5) is 8.78. The van der Waals surface area contributed by atoms with Crippen molar-refractivity contribution in [1.29, 1.82) is 0 Å². The Morgan fingerprint density at radius 1 is 1.07 bits per heavy atom. The molecule has 0 bridgehead atoms. The predicted octanol–water partition coefficient (Wildman–Crippen LogP) is 6.97. The van der Waals surface area contributed by atoms with Gasteiger partial charge in [0, 0.05) is 16.6 Å². The first-order valence-electron chi connectivity index (χ1n) is 12.3. The van der Waals surface area contributed by atoms with Gasteiger partial charge in [-0.2, -0.15) is 8.42 Å². The molecule has 0 aliphatic carbocycles. The molecule has 0 radical (unpaired) electrons. The van der Waals surface area contributed by atoms with Crippen LogP contribution in [-0.2, 0) is 16.9 Å². The standard InChI is InChI=1S/C29H24ClFN4O4S.CH4/c1-2-32-25(16-40(36)37)28-11-10-26(39-28)19-6-8-24-22(13-19)29(34-17-33-24)35-21-7-9-27(23(30)14-21)38-15-18-4-3-5-20(31)12-18;/h3-14,16-17,25,32H,2,15H2,1H3,(H,33,34,35);1H4. The van der Waals surface area contributed by atoms with Crippen LogP contribution in [0.15, 0.2) is 83.5 Å². The second-order valence-corrected chi connectivity index (χ2v) is 9.98. The van der Waals surface area contributed by atoms with E-state index in [0.717, 1.165) is 21.8 Å². The molecule has 5 aromatic rings. The number of halogens is 2. The lowest BCUT2D eigenvalue weighted by molar-refractivity contribution is 0.306. The Kier molecular flexibility index (Phi) is 9.72. The Bertz CT molecular complexity index is 1800. The Labute approximate surface area is 243 Å². The number of nitrogens with one attached hydrogen (secondary N) is 2. The summed E-state index contributed by atoms with van der Waals surface area (Å²) in [5.74, 6) is 1.76. The van der Waals surface area contributed by atoms with Gasteiger partial charge in [0.25, 0.3) is 0 Å². The lowest BCUT2D eigenvalue weighted by Crippen LogP contribution is -2.21. The smallest absolute Gasteiger partial charge is 0.212 e. The van der Waals surface area contributed by atoms with Crippen molar-refractivity contribution in [3.63, 3.8) is 0 Å². The zero-order valence-electron chi connectivity index (χ0n) is 21.3. The molecule has 0 saturated carbocycles. The van der Waals surface area contributed by atoms with Gasteiger partial charge in [0.2, 0.25) is 10.3 Å². The molecule has 41 heavy (non-hydrogen) atoms. The highest BCUT2D eigenvalue weighted by atomic mass is 35.5. The topological polar surface area (TPSA) is 106 Å². The van der Waals surface area contributed by atoms with Crippen LogP contribution in [0.2, 0.25) is 5.02 Å². The van der Waals surface area contributed by atoms with Gasteiger partial charge in [-0.1, -0.05) is 38.1 Å². The van der Waals surface area contributed by atoms with Crippen LogP contribution < -0.4 is 15.4 Å². The molecule has 0 spiro atoms. The van der Waals surface area contributed by atoms with Gasteiger partial charge in [0.05, 0.1) is 21.9 Å². The van der Waals surface area contributed by atoms with Gasteiger partial charge in [-0.3, -0.25) is 0 Å². The van der Waals surface area contributed by atoms with E-state index < -0.39 is 16.3 Å². The molecule has 0 aliphatic heterocycles. The number of hydrogen-bond acceptors (Lipinski definition) is 8. The molecule has 1 atom stereocenters. The highest BCUT2D eigenvalue weighted by Crippen LogP contribution is 2.33. The van der Waals surface area contributed by atoms with Crippen LogP contribution in [0.1, 0.15) is 31.7 Å². The van der Waals surface area contributed by atoms with Crippen molar-refractivity contribution in [2.24, 2.45) is 0 Å². The number of rotatable bonds is 10. The normalized spacial score (nSPS) is 11.5. The minimum Gasteiger partial charge on any atom is -0.487 e. The predicted molar refractivity (Wildman–Crippen MR) is 161 cm³/mol. The van der Waals surface area contributed by atoms with E-state index >= 15 is 0 Å². The van der Waals surface area contributed by atoms with Crippen molar-refractivity contribution < 1.29 is 22.0 Å². The summed E-state index contributed by atoms with van der Waals surface area (Å²) in [5.41, 5.74) is 2.87. The second kappa shape index (κ2) is 13.4. The van der Waals surface area contributed by atoms with Crippen LogP contribution in [0.3, 0.4) is 0 Å². The Hall–Kier alpha value is -4.25. The van der Waals surface area contributed by atoms with Crippen molar-refractivity contribution in [2.45, 2.75) is 27.0 Å². The fourth-order valence-corrected chi connectivity index (χ4v) is 4.84. The zero-order valence-corrected chi connectivity index (χ0v) is 22.8. The highest BCUT2D eigenvalue weighted by Gasteiger charge is 2.15. The molecule has 1 unspecified atom stereocenters. The molecule has 0 amide bonds. The lowest BCUT2D eigenvalue weighted by atomic mass is 10.1. The van der Waals surface area contributed by atoms with Gasteiger partial charge in [0.1, 0.15) is 41.8 Å². The quantitative estimate of drug-likeness (QED) is 0.167. The number of hydrogen-bond donors (Lipinski definition) is 2. The summed E-state index contributed by atoms with van der Waals surface area (Å²) >= 11 is 6.47. The summed E-state index contributed by atoms with van der Waals surface area (Å²) in [7, 11) is -2.34. The SMILES string of the molecule is C.CCNC(C=S(=O)=O)c1ccc(-c2ccc3ncnc(Nc4ccc(OCc5cccc(F)c5)c(Cl)c4)c3c2)o1. The highest BCUT2D eigenvalue weighted by molar-refractivity contribution is 7.71. The van der Waals surface area contributed by atoms with Crippen LogP contribution in [-0.4, -0.2) is 30.3 Å². The first-order valence-corrected chi connectivity index (χ1v) is 13.9. The van der Waals surface area contributed by atoms with Crippen molar-refractivity contribution >= 4 is 49.7 Å². The van der Waals surface area contributed by atoms with E-state index in [9.17, 15) is 12.8 Å². The summed E-state index contributed by atoms with van der Waals surface area (Å²) in [6, 6.07) is 20.1. The summed E-state index contributed by atoms with van der Waals surface area (Å²) in [5, 5.41) is 8.65. The largest absolute Gasteiger partial charge is 0.487 e. The van der Waals surface area contributed by atoms with E-state index in [1.165, 1.54) is 18.5 Å². The van der Waals surface area contributed by atoms with E-state index in [1.807, 2.05) is 25.1 Å². The van der Waals surface area contributed by atoms with Gasteiger partial charge < -0.3 is 19.8 Å². The summed E-state index contributed by atoms with van der Waals surface area (Å²) in [6.45, 7) is 2.64. The minimum atomic E-state index is -2.34. The number of fused-ring (bicyclic) bond motifs is 1. The van der Waals surface area contributed by atoms with Crippen LogP contribution in [0.4, 0.5) is 15.9 Å². The molecule has 2 N–H and O–H groups in total. The van der Waals surface area contributed by atoms with Crippen LogP contribution in [0.5, 0.6) is 5.75 Å². The number of benzene rings is 3. The van der Waals surface area contributed by atoms with E-state index in [2.05, 4.69) is 20.6 Å². The minimum absolute atomic E-state index is 0. The third kappa shape index (κ3) is 7.29. The molecule has 2 heterocycles. The average Bonchev–Trinajstić information content (AvgIpc) is 3.43. The van der Waals surface area contributed by atoms with E-state index in [1.54, 1.807) is 42.5 Å². The molecule has 0 fully saturated rings. The van der Waals surface area contributed by atoms with Crippen molar-refractivity contribution in [3.8, 4) is 17.1 Å². The Morgan fingerprint density at radius 3 is 2.68 bits per heavy atom. The van der Waals surface area contributed by atoms with Gasteiger partial charge in [-0.05, 0) is 72.8 Å². The maximum atomic E-state index is 13.4. The van der Waals surface area contributed by atoms with Crippen LogP contribution in [0, 0.1) is 5.82 Å². The summed E-state index contributed by atoms with van der Waals surface area (Å²) < 4.78 is 47.7. The first kappa shape index (κ1) is 29.7. The molecule has 0 saturated heterocycles. The number of anilines is 2. The van der Waals surface area contributed by atoms with Crippen molar-refractivity contribution in [1.82, 2.24) is 15.3 Å². The fourth-order valence-electron chi connectivity index (χ4n) is 4.15. The van der Waals surface area contributed by atoms with Gasteiger partial charge in [-0.25, -0.2) is 14.4 Å². The summed E-state index contributed by atoms with van der Waals surface area (Å²) in [6.07, 6.45) is 1.47. The fraction of sp³-hybridized carbons (Fsp3) is 0.167. The molecular weight excluding hydrogens is 567 g/mol. The number of nitrogens with zero attached hydrogens (tertiary/aromatic N) is 2. The zero-order chi connectivity index (χ0) is 28.1. The molecule has 2 aromatic heterocycles. The third-order valence-corrected chi connectivity index (χ3v) is 6.79. The van der Waals surface area contributed by atoms with Gasteiger partial charge >= 0.3 is 0 Å². The molecule has 3 aromatic carbocycles. The molecule has 11 heteroatoms. The maximum Gasteiger partial charge on any atom is 0.212 e. The van der Waals surface area contributed by atoms with Crippen molar-refractivity contribution in [2.75, 3.05) is 11.9 Å². The van der Waals surface area contributed by atoms with Crippen LogP contribution in [0.25, 0.3) is 22.2 Å².